The minimum Gasteiger partial charge on any atom is -0.299 e. The molecular weight excluding hydrogens is 1570 g/mol. The monoisotopic (exact) mass is 1670 g/mol. The summed E-state index contributed by atoms with van der Waals surface area (Å²) >= 11 is 0. The van der Waals surface area contributed by atoms with Crippen molar-refractivity contribution < 1.29 is 0 Å². The van der Waals surface area contributed by atoms with E-state index in [2.05, 4.69) is 492 Å². The fourth-order valence-electron chi connectivity index (χ4n) is 20.3. The van der Waals surface area contributed by atoms with E-state index in [9.17, 15) is 0 Å². The van der Waals surface area contributed by atoms with Gasteiger partial charge in [-0.25, -0.2) is 15.0 Å². The third-order valence-electron chi connectivity index (χ3n) is 26.0. The molecule has 0 fully saturated rings. The topological polar surface area (TPSA) is 53.5 Å². The van der Waals surface area contributed by atoms with Gasteiger partial charge in [0.1, 0.15) is 17.5 Å². The summed E-state index contributed by atoms with van der Waals surface area (Å²) in [5.41, 5.74) is 20.9. The Morgan fingerprint density at radius 3 is 0.548 bits per heavy atom. The molecule has 126 heavy (non-hydrogen) atoms. The van der Waals surface area contributed by atoms with Gasteiger partial charge in [0.15, 0.2) is 24.2 Å². The van der Waals surface area contributed by atoms with Gasteiger partial charge in [0.25, 0.3) is 0 Å². The lowest BCUT2D eigenvalue weighted by molar-refractivity contribution is 0.877. The summed E-state index contributed by atoms with van der Waals surface area (Å²) in [5.74, 6) is 2.80. The van der Waals surface area contributed by atoms with E-state index in [4.69, 9.17) is 15.0 Å². The van der Waals surface area contributed by atoms with Crippen molar-refractivity contribution in [3.8, 4) is 51.2 Å². The number of aryl methyl sites for hydroxylation is 12. The molecule has 6 nitrogen and oxygen atoms in total. The molecule has 0 bridgehead atoms. The minimum absolute atomic E-state index is 0.724. The molecule has 16 aromatic carbocycles. The Hall–Kier alpha value is -14.2. The number of imidazole rings is 3. The standard InChI is InChI=1S/C117H102N6Si3/c1-85-40-34-41-86(2)112(85)121-82-97(118-115(121)94-46-37-67-109(79-94)124(100-49-16-7-17-50-100,101-51-18-8-19-52-101)102-53-20-9-21-54-102)73-70-91-76-92(71-74-98-83-122(113-87(3)42-35-43-88(113)4)116(119-98)95-47-38-68-110(80-95)125(103-55-22-10-23-56-103,104-57-24-11-25-58-104)105-59-26-12-27-60-105)78-93(77-91)72-75-99-84-123(114-89(5)44-36-45-90(114)6)117(120-99)96-48-39-69-111(81-96)126(106-61-28-13-29-62-106,107-63-30-14-31-64-107)108-65-32-15-33-66-108/h7-69,76-84H,70-75H2,1-6H3. The van der Waals surface area contributed by atoms with E-state index >= 15 is 0 Å². The Morgan fingerprint density at radius 1 is 0.183 bits per heavy atom. The quantitative estimate of drug-likeness (QED) is 0.0381. The first-order valence-corrected chi connectivity index (χ1v) is 50.3. The second-order valence-corrected chi connectivity index (χ2v) is 45.4. The predicted octanol–water partition coefficient (Wildman–Crippen LogP) is 18.6. The Balaban J connectivity index is 0.724. The number of benzene rings is 16. The first kappa shape index (κ1) is 81.5. The van der Waals surface area contributed by atoms with E-state index < -0.39 is 24.2 Å². The van der Waals surface area contributed by atoms with Crippen LogP contribution >= 0.6 is 0 Å². The molecule has 0 N–H and O–H groups in total. The minimum atomic E-state index is -2.91. The summed E-state index contributed by atoms with van der Waals surface area (Å²) in [4.78, 5) is 17.5. The van der Waals surface area contributed by atoms with E-state index in [-0.39, 0.29) is 0 Å². The van der Waals surface area contributed by atoms with Crippen molar-refractivity contribution in [2.24, 2.45) is 0 Å². The zero-order chi connectivity index (χ0) is 85.6. The molecule has 0 radical (unpaired) electrons. The number of rotatable bonds is 27. The van der Waals surface area contributed by atoms with Crippen LogP contribution in [0.3, 0.4) is 0 Å². The lowest BCUT2D eigenvalue weighted by atomic mass is 9.96. The highest BCUT2D eigenvalue weighted by Crippen LogP contribution is 2.34. The predicted molar refractivity (Wildman–Crippen MR) is 535 cm³/mol. The van der Waals surface area contributed by atoms with Crippen molar-refractivity contribution in [3.05, 3.63) is 504 Å². The normalized spacial score (nSPS) is 11.8. The van der Waals surface area contributed by atoms with Gasteiger partial charge in [-0.05, 0) is 192 Å². The highest BCUT2D eigenvalue weighted by molar-refractivity contribution is 7.21. The molecule has 9 heteroatoms. The molecule has 3 heterocycles. The number of aromatic nitrogens is 6. The van der Waals surface area contributed by atoms with Gasteiger partial charge in [0.2, 0.25) is 0 Å². The zero-order valence-electron chi connectivity index (χ0n) is 72.5. The maximum absolute atomic E-state index is 5.83. The molecule has 0 amide bonds. The van der Waals surface area contributed by atoms with Crippen molar-refractivity contribution >= 4 is 86.5 Å². The molecule has 0 atom stereocenters. The smallest absolute Gasteiger partial charge is 0.179 e. The second kappa shape index (κ2) is 35.9. The van der Waals surface area contributed by atoms with Gasteiger partial charge in [-0.15, -0.1) is 0 Å². The number of para-hydroxylation sites is 3. The van der Waals surface area contributed by atoms with Crippen molar-refractivity contribution in [3.63, 3.8) is 0 Å². The highest BCUT2D eigenvalue weighted by atomic mass is 28.3. The van der Waals surface area contributed by atoms with Crippen LogP contribution in [-0.4, -0.2) is 52.9 Å². The first-order valence-electron chi connectivity index (χ1n) is 44.3. The SMILES string of the molecule is Cc1cccc(C)c1-n1cc(CCc2cc(CCc3cn(-c4c(C)cccc4C)c(-c4cccc([Si](c5ccccc5)(c5ccccc5)c5ccccc5)c4)n3)cc(CCc3cn(-c4c(C)cccc4C)c(-c4cccc([Si](c5ccccc5)(c5ccccc5)c5ccccc5)c4)n3)c2)nc1-c1cccc([Si](c2ccccc2)(c2ccccc2)c2ccccc2)c1. The molecule has 612 valence electrons. The Labute approximate surface area is 745 Å². The van der Waals surface area contributed by atoms with Crippen LogP contribution < -0.4 is 62.2 Å². The zero-order valence-corrected chi connectivity index (χ0v) is 75.5. The van der Waals surface area contributed by atoms with E-state index in [1.165, 1.54) is 112 Å². The summed E-state index contributed by atoms with van der Waals surface area (Å²) in [6.45, 7) is 13.4. The highest BCUT2D eigenvalue weighted by Gasteiger charge is 2.45. The fraction of sp³-hybridized carbons (Fsp3) is 0.103. The fourth-order valence-corrected chi connectivity index (χ4v) is 34.7. The molecular formula is C117H102N6Si3. The summed E-state index contributed by atoms with van der Waals surface area (Å²) in [6, 6.07) is 157. The van der Waals surface area contributed by atoms with Crippen LogP contribution in [0.25, 0.3) is 51.2 Å². The van der Waals surface area contributed by atoms with Crippen LogP contribution in [0, 0.1) is 41.5 Å². The van der Waals surface area contributed by atoms with Crippen LogP contribution in [0.4, 0.5) is 0 Å². The molecule has 0 spiro atoms. The van der Waals surface area contributed by atoms with E-state index in [0.717, 1.165) is 107 Å². The van der Waals surface area contributed by atoms with Crippen molar-refractivity contribution in [1.29, 1.82) is 0 Å². The van der Waals surface area contributed by atoms with Crippen LogP contribution in [0.5, 0.6) is 0 Å². The van der Waals surface area contributed by atoms with E-state index in [1.807, 2.05) is 0 Å². The molecule has 0 aliphatic rings. The lowest BCUT2D eigenvalue weighted by Crippen LogP contribution is -2.74. The summed E-state index contributed by atoms with van der Waals surface area (Å²) in [7, 11) is -8.72. The Kier molecular flexibility index (Phi) is 23.2. The average Bonchev–Trinajstić information content (AvgIpc) is 0.874. The van der Waals surface area contributed by atoms with E-state index in [1.54, 1.807) is 0 Å². The Bertz CT molecular complexity index is 5980. The summed E-state index contributed by atoms with van der Waals surface area (Å²) in [6.07, 6.45) is 11.5. The maximum atomic E-state index is 5.83. The molecule has 3 aromatic heterocycles. The van der Waals surface area contributed by atoms with Crippen LogP contribution in [0.1, 0.15) is 67.2 Å². The largest absolute Gasteiger partial charge is 0.299 e. The van der Waals surface area contributed by atoms with Crippen molar-refractivity contribution in [2.75, 3.05) is 0 Å². The van der Waals surface area contributed by atoms with Crippen molar-refractivity contribution in [2.45, 2.75) is 80.1 Å². The van der Waals surface area contributed by atoms with Gasteiger partial charge in [0.05, 0.1) is 34.1 Å². The summed E-state index contributed by atoms with van der Waals surface area (Å²) < 4.78 is 7.18. The molecule has 0 saturated heterocycles. The number of nitrogens with zero attached hydrogens (tertiary/aromatic N) is 6. The third-order valence-corrected chi connectivity index (χ3v) is 40.3. The van der Waals surface area contributed by atoms with Crippen molar-refractivity contribution in [1.82, 2.24) is 28.7 Å². The molecule has 0 aliphatic heterocycles. The van der Waals surface area contributed by atoms with Gasteiger partial charge < -0.3 is 0 Å². The van der Waals surface area contributed by atoms with Crippen LogP contribution in [-0.2, 0) is 38.5 Å². The lowest BCUT2D eigenvalue weighted by Gasteiger charge is -2.34. The van der Waals surface area contributed by atoms with Gasteiger partial charge in [0, 0.05) is 35.3 Å². The molecule has 19 rings (SSSR count). The molecule has 0 saturated carbocycles. The second-order valence-electron chi connectivity index (χ2n) is 33.9. The van der Waals surface area contributed by atoms with Crippen LogP contribution in [0.15, 0.2) is 437 Å². The van der Waals surface area contributed by atoms with E-state index in [0.29, 0.717) is 0 Å². The van der Waals surface area contributed by atoms with Gasteiger partial charge >= 0.3 is 0 Å². The first-order chi connectivity index (χ1) is 61.9. The molecule has 19 aromatic rings. The van der Waals surface area contributed by atoms with Gasteiger partial charge in [-0.2, -0.15) is 0 Å². The van der Waals surface area contributed by atoms with Gasteiger partial charge in [-0.1, -0.05) is 419 Å². The van der Waals surface area contributed by atoms with Gasteiger partial charge in [-0.3, -0.25) is 13.7 Å². The van der Waals surface area contributed by atoms with Crippen LogP contribution in [0.2, 0.25) is 0 Å². The maximum Gasteiger partial charge on any atom is 0.179 e. The number of hydrogen-bond donors (Lipinski definition) is 0. The number of hydrogen-bond acceptors (Lipinski definition) is 3. The Morgan fingerprint density at radius 2 is 0.357 bits per heavy atom. The molecule has 0 unspecified atom stereocenters. The summed E-state index contributed by atoms with van der Waals surface area (Å²) in [5, 5.41) is 15.9. The molecule has 0 aliphatic carbocycles. The third kappa shape index (κ3) is 15.6. The average molecular weight is 1680 g/mol.